The molecular weight excluding hydrogens is 380 g/mol. The van der Waals surface area contributed by atoms with Crippen LogP contribution < -0.4 is 19.5 Å². The zero-order chi connectivity index (χ0) is 21.2. The largest absolute Gasteiger partial charge is 0.494 e. The number of aromatic nitrogens is 1. The first-order valence-corrected chi connectivity index (χ1v) is 9.90. The van der Waals surface area contributed by atoms with Crippen molar-refractivity contribution in [1.29, 1.82) is 0 Å². The van der Waals surface area contributed by atoms with Crippen LogP contribution in [0.4, 0.5) is 5.69 Å². The van der Waals surface area contributed by atoms with Gasteiger partial charge in [-0.05, 0) is 43.2 Å². The van der Waals surface area contributed by atoms with Gasteiger partial charge >= 0.3 is 0 Å². The number of nitrogens with one attached hydrogen (secondary N) is 1. The van der Waals surface area contributed by atoms with Crippen LogP contribution in [0.25, 0.3) is 0 Å². The molecule has 0 saturated heterocycles. The first-order valence-electron chi connectivity index (χ1n) is 9.90. The van der Waals surface area contributed by atoms with Crippen molar-refractivity contribution in [3.8, 4) is 17.2 Å². The molecule has 0 aliphatic carbocycles. The van der Waals surface area contributed by atoms with Gasteiger partial charge in [0, 0.05) is 36.1 Å². The lowest BCUT2D eigenvalue weighted by Crippen LogP contribution is -2.13. The number of hydrogen-bond acceptors (Lipinski definition) is 5. The van der Waals surface area contributed by atoms with E-state index in [1.165, 1.54) is 0 Å². The highest BCUT2D eigenvalue weighted by atomic mass is 16.5. The quantitative estimate of drug-likeness (QED) is 0.531. The number of nitrogens with zero attached hydrogens (tertiary/aromatic N) is 1. The molecule has 1 N–H and O–H groups in total. The van der Waals surface area contributed by atoms with E-state index in [4.69, 9.17) is 14.2 Å². The van der Waals surface area contributed by atoms with Gasteiger partial charge in [0.1, 0.15) is 12.4 Å². The molecule has 0 aliphatic rings. The molecule has 0 aliphatic heterocycles. The first-order chi connectivity index (χ1) is 14.7. The van der Waals surface area contributed by atoms with Crippen molar-refractivity contribution in [2.45, 2.75) is 26.4 Å². The molecule has 0 saturated carbocycles. The molecule has 0 bridgehead atoms. The summed E-state index contributed by atoms with van der Waals surface area (Å²) in [7, 11) is 1.58. The van der Waals surface area contributed by atoms with Gasteiger partial charge in [0.15, 0.2) is 11.5 Å². The Kier molecular flexibility index (Phi) is 7.66. The van der Waals surface area contributed by atoms with Crippen molar-refractivity contribution in [2.24, 2.45) is 0 Å². The molecule has 0 unspecified atom stereocenters. The second kappa shape index (κ2) is 10.9. The normalized spacial score (nSPS) is 10.3. The van der Waals surface area contributed by atoms with Crippen LogP contribution in [-0.4, -0.2) is 24.6 Å². The average molecular weight is 406 g/mol. The third-order valence-corrected chi connectivity index (χ3v) is 4.46. The maximum atomic E-state index is 12.5. The minimum absolute atomic E-state index is 0.0790. The standard InChI is InChI=1S/C24H26N2O4/c1-3-29-21-9-5-4-8-19(21)10-13-24(27)26-20-11-12-22(28-2)23(15-20)30-17-18-7-6-14-25-16-18/h4-9,11-12,14-16H,3,10,13,17H2,1-2H3,(H,26,27). The van der Waals surface area contributed by atoms with E-state index < -0.39 is 0 Å². The molecule has 0 atom stereocenters. The van der Waals surface area contributed by atoms with Crippen molar-refractivity contribution in [2.75, 3.05) is 19.0 Å². The fourth-order valence-corrected chi connectivity index (χ4v) is 2.99. The predicted octanol–water partition coefficient (Wildman–Crippen LogP) is 4.64. The lowest BCUT2D eigenvalue weighted by atomic mass is 10.1. The van der Waals surface area contributed by atoms with Gasteiger partial charge in [0.25, 0.3) is 0 Å². The Morgan fingerprint density at radius 1 is 1.00 bits per heavy atom. The molecule has 3 rings (SSSR count). The molecule has 0 radical (unpaired) electrons. The fraction of sp³-hybridized carbons (Fsp3) is 0.250. The number of para-hydroxylation sites is 1. The molecule has 156 valence electrons. The van der Waals surface area contributed by atoms with Crippen LogP contribution in [-0.2, 0) is 17.8 Å². The SMILES string of the molecule is CCOc1ccccc1CCC(=O)Nc1ccc(OC)c(OCc2cccnc2)c1. The maximum Gasteiger partial charge on any atom is 0.224 e. The Hall–Kier alpha value is -3.54. The summed E-state index contributed by atoms with van der Waals surface area (Å²) in [5, 5.41) is 2.93. The Morgan fingerprint density at radius 3 is 2.63 bits per heavy atom. The summed E-state index contributed by atoms with van der Waals surface area (Å²) in [6, 6.07) is 16.9. The van der Waals surface area contributed by atoms with Crippen molar-refractivity contribution < 1.29 is 19.0 Å². The number of amides is 1. The number of ether oxygens (including phenoxy) is 3. The van der Waals surface area contributed by atoms with Crippen molar-refractivity contribution >= 4 is 11.6 Å². The van der Waals surface area contributed by atoms with E-state index in [1.807, 2.05) is 43.3 Å². The monoisotopic (exact) mass is 406 g/mol. The second-order valence-electron chi connectivity index (χ2n) is 6.60. The zero-order valence-electron chi connectivity index (χ0n) is 17.3. The zero-order valence-corrected chi connectivity index (χ0v) is 17.3. The molecule has 0 spiro atoms. The number of pyridine rings is 1. The van der Waals surface area contributed by atoms with Crippen molar-refractivity contribution in [3.63, 3.8) is 0 Å². The topological polar surface area (TPSA) is 69.7 Å². The highest BCUT2D eigenvalue weighted by molar-refractivity contribution is 5.91. The summed E-state index contributed by atoms with van der Waals surface area (Å²) in [6.07, 6.45) is 4.41. The number of methoxy groups -OCH3 is 1. The summed E-state index contributed by atoms with van der Waals surface area (Å²) in [5.41, 5.74) is 2.62. The number of benzene rings is 2. The van der Waals surface area contributed by atoms with Crippen molar-refractivity contribution in [3.05, 3.63) is 78.1 Å². The predicted molar refractivity (Wildman–Crippen MR) is 116 cm³/mol. The molecule has 1 aromatic heterocycles. The fourth-order valence-electron chi connectivity index (χ4n) is 2.99. The van der Waals surface area contributed by atoms with Crippen molar-refractivity contribution in [1.82, 2.24) is 4.98 Å². The van der Waals surface area contributed by atoms with Gasteiger partial charge in [0.05, 0.1) is 13.7 Å². The van der Waals surface area contributed by atoms with Crippen LogP contribution in [0.1, 0.15) is 24.5 Å². The van der Waals surface area contributed by atoms with Crippen LogP contribution in [0, 0.1) is 0 Å². The van der Waals surface area contributed by atoms with Gasteiger partial charge in [-0.3, -0.25) is 9.78 Å². The average Bonchev–Trinajstić information content (AvgIpc) is 2.78. The van der Waals surface area contributed by atoms with Gasteiger partial charge in [-0.2, -0.15) is 0 Å². The highest BCUT2D eigenvalue weighted by Gasteiger charge is 2.10. The number of aryl methyl sites for hydroxylation is 1. The summed E-state index contributed by atoms with van der Waals surface area (Å²) in [6.45, 7) is 2.90. The van der Waals surface area contributed by atoms with Crippen LogP contribution in [0.5, 0.6) is 17.2 Å². The smallest absolute Gasteiger partial charge is 0.224 e. The molecule has 1 heterocycles. The number of hydrogen-bond donors (Lipinski definition) is 1. The molecule has 30 heavy (non-hydrogen) atoms. The number of carbonyl (C=O) groups excluding carboxylic acids is 1. The van der Waals surface area contributed by atoms with E-state index in [0.29, 0.717) is 43.2 Å². The number of rotatable bonds is 10. The van der Waals surface area contributed by atoms with Gasteiger partial charge in [-0.25, -0.2) is 0 Å². The summed E-state index contributed by atoms with van der Waals surface area (Å²) in [4.78, 5) is 16.6. The van der Waals surface area contributed by atoms with Crippen LogP contribution in [0.15, 0.2) is 67.0 Å². The Morgan fingerprint density at radius 2 is 1.87 bits per heavy atom. The van der Waals surface area contributed by atoms with Gasteiger partial charge in [0.2, 0.25) is 5.91 Å². The van der Waals surface area contributed by atoms with Gasteiger partial charge in [-0.15, -0.1) is 0 Å². The summed E-state index contributed by atoms with van der Waals surface area (Å²) in [5.74, 6) is 1.90. The number of carbonyl (C=O) groups is 1. The third-order valence-electron chi connectivity index (χ3n) is 4.46. The van der Waals surface area contributed by atoms with E-state index >= 15 is 0 Å². The highest BCUT2D eigenvalue weighted by Crippen LogP contribution is 2.31. The second-order valence-corrected chi connectivity index (χ2v) is 6.60. The van der Waals surface area contributed by atoms with Crippen LogP contribution >= 0.6 is 0 Å². The minimum atomic E-state index is -0.0790. The molecule has 1 amide bonds. The molecule has 6 heteroatoms. The third kappa shape index (κ3) is 5.98. The van der Waals surface area contributed by atoms with E-state index in [9.17, 15) is 4.79 Å². The Bertz CT molecular complexity index is 960. The lowest BCUT2D eigenvalue weighted by molar-refractivity contribution is -0.116. The van der Waals surface area contributed by atoms with E-state index in [1.54, 1.807) is 37.7 Å². The Labute approximate surface area is 176 Å². The summed E-state index contributed by atoms with van der Waals surface area (Å²) >= 11 is 0. The van der Waals surface area contributed by atoms with Crippen LogP contribution in [0.2, 0.25) is 0 Å². The Balaban J connectivity index is 1.61. The minimum Gasteiger partial charge on any atom is -0.494 e. The molecule has 2 aromatic carbocycles. The van der Waals surface area contributed by atoms with Gasteiger partial charge < -0.3 is 19.5 Å². The number of anilines is 1. The molecule has 6 nitrogen and oxygen atoms in total. The molecular formula is C24H26N2O4. The first kappa shape index (κ1) is 21.2. The molecule has 0 fully saturated rings. The maximum absolute atomic E-state index is 12.5. The lowest BCUT2D eigenvalue weighted by Gasteiger charge is -2.13. The summed E-state index contributed by atoms with van der Waals surface area (Å²) < 4.78 is 16.9. The molecule has 3 aromatic rings. The van der Waals surface area contributed by atoms with Gasteiger partial charge in [-0.1, -0.05) is 24.3 Å². The van der Waals surface area contributed by atoms with E-state index in [-0.39, 0.29) is 5.91 Å². The van der Waals surface area contributed by atoms with E-state index in [2.05, 4.69) is 10.3 Å². The van der Waals surface area contributed by atoms with Crippen LogP contribution in [0.3, 0.4) is 0 Å². The van der Waals surface area contributed by atoms with E-state index in [0.717, 1.165) is 16.9 Å².